The number of rotatable bonds is 12. The molecule has 156 valence electrons. The second kappa shape index (κ2) is 15.8. The highest BCUT2D eigenvalue weighted by molar-refractivity contribution is 14.0. The highest BCUT2D eigenvalue weighted by Crippen LogP contribution is 2.19. The Labute approximate surface area is 182 Å². The molecule has 0 saturated carbocycles. The van der Waals surface area contributed by atoms with Crippen molar-refractivity contribution in [1.29, 1.82) is 0 Å². The van der Waals surface area contributed by atoms with Crippen molar-refractivity contribution in [2.75, 3.05) is 46.9 Å². The smallest absolute Gasteiger partial charge is 0.191 e. The Morgan fingerprint density at radius 3 is 2.48 bits per heavy atom. The van der Waals surface area contributed by atoms with E-state index in [2.05, 4.69) is 34.4 Å². The first-order valence-electron chi connectivity index (χ1n) is 9.60. The van der Waals surface area contributed by atoms with Crippen LogP contribution in [0.3, 0.4) is 0 Å². The van der Waals surface area contributed by atoms with Crippen LogP contribution in [-0.4, -0.2) is 63.8 Å². The fourth-order valence-corrected chi connectivity index (χ4v) is 2.62. The van der Waals surface area contributed by atoms with Crippen molar-refractivity contribution in [3.63, 3.8) is 0 Å². The molecule has 7 heteroatoms. The van der Waals surface area contributed by atoms with Crippen molar-refractivity contribution in [2.45, 2.75) is 39.7 Å². The average molecular weight is 492 g/mol. The molecule has 1 aromatic carbocycles. The van der Waals surface area contributed by atoms with Crippen LogP contribution in [0.4, 0.5) is 0 Å². The Morgan fingerprint density at radius 1 is 1.15 bits per heavy atom. The molecular formula is C20H37IN4O2. The summed E-state index contributed by atoms with van der Waals surface area (Å²) in [5.74, 6) is 2.41. The van der Waals surface area contributed by atoms with Crippen molar-refractivity contribution in [2.24, 2.45) is 4.99 Å². The van der Waals surface area contributed by atoms with Gasteiger partial charge in [0.2, 0.25) is 0 Å². The van der Waals surface area contributed by atoms with Crippen LogP contribution in [0, 0.1) is 0 Å². The first kappa shape index (κ1) is 25.8. The zero-order valence-electron chi connectivity index (χ0n) is 17.5. The number of halogens is 1. The van der Waals surface area contributed by atoms with Gasteiger partial charge in [0.15, 0.2) is 5.96 Å². The Bertz CT molecular complexity index is 524. The molecule has 1 aromatic rings. The van der Waals surface area contributed by atoms with Gasteiger partial charge in [0.25, 0.3) is 0 Å². The van der Waals surface area contributed by atoms with Crippen molar-refractivity contribution >= 4 is 29.9 Å². The summed E-state index contributed by atoms with van der Waals surface area (Å²) in [6.45, 7) is 11.5. The first-order chi connectivity index (χ1) is 12.6. The van der Waals surface area contributed by atoms with Gasteiger partial charge in [-0.05, 0) is 51.5 Å². The van der Waals surface area contributed by atoms with Crippen LogP contribution in [0.25, 0.3) is 0 Å². The third-order valence-corrected chi connectivity index (χ3v) is 4.25. The predicted molar refractivity (Wildman–Crippen MR) is 125 cm³/mol. The molecule has 1 atom stereocenters. The number of unbranched alkanes of at least 4 members (excludes halogenated alkanes) is 1. The number of aliphatic imine (C=N–C) groups is 1. The molecule has 6 nitrogen and oxygen atoms in total. The maximum absolute atomic E-state index is 5.92. The minimum Gasteiger partial charge on any atom is -0.497 e. The second-order valence-electron chi connectivity index (χ2n) is 6.22. The number of ether oxygens (including phenoxy) is 2. The molecule has 0 fully saturated rings. The number of nitrogens with one attached hydrogen (secondary N) is 2. The van der Waals surface area contributed by atoms with Crippen molar-refractivity contribution in [3.05, 3.63) is 24.3 Å². The Hall–Kier alpha value is -1.22. The zero-order chi connectivity index (χ0) is 19.2. The number of guanidine groups is 1. The van der Waals surface area contributed by atoms with Gasteiger partial charge < -0.3 is 25.0 Å². The Morgan fingerprint density at radius 2 is 1.85 bits per heavy atom. The summed E-state index contributed by atoms with van der Waals surface area (Å²) >= 11 is 0. The Kier molecular flexibility index (Phi) is 15.1. The lowest BCUT2D eigenvalue weighted by atomic mass is 10.3. The van der Waals surface area contributed by atoms with Crippen LogP contribution >= 0.6 is 24.0 Å². The highest BCUT2D eigenvalue weighted by Gasteiger charge is 2.06. The SMILES string of the molecule is CCN(CC)CCCCNC(=NC)NCC(C)Oc1cccc(OC)c1.I. The van der Waals surface area contributed by atoms with Gasteiger partial charge in [-0.1, -0.05) is 19.9 Å². The summed E-state index contributed by atoms with van der Waals surface area (Å²) in [5.41, 5.74) is 0. The van der Waals surface area contributed by atoms with E-state index in [1.165, 1.54) is 6.42 Å². The molecule has 0 bridgehead atoms. The third kappa shape index (κ3) is 11.3. The lowest BCUT2D eigenvalue weighted by molar-refractivity contribution is 0.223. The number of nitrogens with zero attached hydrogens (tertiary/aromatic N) is 2. The van der Waals surface area contributed by atoms with Gasteiger partial charge in [-0.15, -0.1) is 24.0 Å². The third-order valence-electron chi connectivity index (χ3n) is 4.25. The molecule has 0 radical (unpaired) electrons. The predicted octanol–water partition coefficient (Wildman–Crippen LogP) is 3.37. The molecule has 0 heterocycles. The van der Waals surface area contributed by atoms with E-state index in [1.54, 1.807) is 14.2 Å². The highest BCUT2D eigenvalue weighted by atomic mass is 127. The summed E-state index contributed by atoms with van der Waals surface area (Å²) in [6.07, 6.45) is 2.34. The van der Waals surface area contributed by atoms with Crippen molar-refractivity contribution in [1.82, 2.24) is 15.5 Å². The molecule has 1 rings (SSSR count). The zero-order valence-corrected chi connectivity index (χ0v) is 19.8. The minimum atomic E-state index is 0. The number of hydrogen-bond acceptors (Lipinski definition) is 4. The average Bonchev–Trinajstić information content (AvgIpc) is 2.67. The van der Waals surface area contributed by atoms with Crippen LogP contribution in [0.2, 0.25) is 0 Å². The summed E-state index contributed by atoms with van der Waals surface area (Å²) in [7, 11) is 3.45. The van der Waals surface area contributed by atoms with Crippen LogP contribution in [0.1, 0.15) is 33.6 Å². The summed E-state index contributed by atoms with van der Waals surface area (Å²) < 4.78 is 11.1. The van der Waals surface area contributed by atoms with Crippen LogP contribution in [0.15, 0.2) is 29.3 Å². The molecule has 0 aliphatic rings. The number of benzene rings is 1. The number of methoxy groups -OCH3 is 1. The van der Waals surface area contributed by atoms with E-state index in [-0.39, 0.29) is 30.1 Å². The summed E-state index contributed by atoms with van der Waals surface area (Å²) in [6, 6.07) is 7.65. The van der Waals surface area contributed by atoms with Gasteiger partial charge in [0.1, 0.15) is 17.6 Å². The van der Waals surface area contributed by atoms with E-state index in [9.17, 15) is 0 Å². The lowest BCUT2D eigenvalue weighted by Crippen LogP contribution is -2.42. The molecule has 27 heavy (non-hydrogen) atoms. The fraction of sp³-hybridized carbons (Fsp3) is 0.650. The fourth-order valence-electron chi connectivity index (χ4n) is 2.62. The van der Waals surface area contributed by atoms with Gasteiger partial charge in [0, 0.05) is 19.7 Å². The number of hydrogen-bond donors (Lipinski definition) is 2. The molecule has 2 N–H and O–H groups in total. The van der Waals surface area contributed by atoms with Crippen LogP contribution in [-0.2, 0) is 0 Å². The van der Waals surface area contributed by atoms with E-state index < -0.39 is 0 Å². The van der Waals surface area contributed by atoms with Gasteiger partial charge >= 0.3 is 0 Å². The van der Waals surface area contributed by atoms with Crippen molar-refractivity contribution in [3.8, 4) is 11.5 Å². The summed E-state index contributed by atoms with van der Waals surface area (Å²) in [4.78, 5) is 6.72. The normalized spacial score (nSPS) is 12.3. The first-order valence-corrected chi connectivity index (χ1v) is 9.60. The quantitative estimate of drug-likeness (QED) is 0.203. The lowest BCUT2D eigenvalue weighted by Gasteiger charge is -2.19. The monoisotopic (exact) mass is 492 g/mol. The molecule has 0 aromatic heterocycles. The van der Waals surface area contributed by atoms with Gasteiger partial charge in [-0.2, -0.15) is 0 Å². The maximum Gasteiger partial charge on any atom is 0.191 e. The largest absolute Gasteiger partial charge is 0.497 e. The van der Waals surface area contributed by atoms with Crippen LogP contribution < -0.4 is 20.1 Å². The minimum absolute atomic E-state index is 0. The van der Waals surface area contributed by atoms with E-state index in [4.69, 9.17) is 9.47 Å². The van der Waals surface area contributed by atoms with Crippen molar-refractivity contribution < 1.29 is 9.47 Å². The molecule has 0 aliphatic carbocycles. The molecule has 1 unspecified atom stereocenters. The molecule has 0 saturated heterocycles. The van der Waals surface area contributed by atoms with Gasteiger partial charge in [-0.3, -0.25) is 4.99 Å². The molecular weight excluding hydrogens is 455 g/mol. The van der Waals surface area contributed by atoms with Gasteiger partial charge in [0.05, 0.1) is 13.7 Å². The van der Waals surface area contributed by atoms with Crippen LogP contribution in [0.5, 0.6) is 11.5 Å². The molecule has 0 spiro atoms. The van der Waals surface area contributed by atoms with E-state index in [0.717, 1.165) is 50.1 Å². The van der Waals surface area contributed by atoms with E-state index in [0.29, 0.717) is 6.54 Å². The summed E-state index contributed by atoms with van der Waals surface area (Å²) in [5, 5.41) is 6.67. The second-order valence-corrected chi connectivity index (χ2v) is 6.22. The maximum atomic E-state index is 5.92. The Balaban J connectivity index is 0.00000676. The molecule has 0 amide bonds. The van der Waals surface area contributed by atoms with E-state index in [1.807, 2.05) is 31.2 Å². The van der Waals surface area contributed by atoms with Gasteiger partial charge in [-0.25, -0.2) is 0 Å². The molecule has 0 aliphatic heterocycles. The standard InChI is InChI=1S/C20H36N4O2.HI/c1-6-24(7-2)14-9-8-13-22-20(21-4)23-16-17(3)26-19-12-10-11-18(15-19)25-5;/h10-12,15,17H,6-9,13-14,16H2,1-5H3,(H2,21,22,23);1H. The van der Waals surface area contributed by atoms with E-state index >= 15 is 0 Å². The topological polar surface area (TPSA) is 58.1 Å².